The zero-order chi connectivity index (χ0) is 24.7. The Morgan fingerprint density at radius 3 is 2.66 bits per heavy atom. The number of rotatable bonds is 5. The van der Waals surface area contributed by atoms with E-state index in [0.717, 1.165) is 54.2 Å². The summed E-state index contributed by atoms with van der Waals surface area (Å²) in [5, 5.41) is 28.7. The van der Waals surface area contributed by atoms with E-state index in [1.807, 2.05) is 32.9 Å². The van der Waals surface area contributed by atoms with Crippen molar-refractivity contribution in [2.45, 2.75) is 38.5 Å². The molecule has 2 aliphatic rings. The molecule has 2 N–H and O–H groups in total. The standard InChI is InChI=1S/C24H29ClN8O2/c1-15-19(11-28-33(15)24(2,3)14-26)30-23-27-10-16-8-17(25)20(9-18(16)29-23)31-4-6-32(7-5-31)21-12-35-13-22(21)34/h8-11,21-22,34H,4-7,12-13H2,1-3H3,(H,27,29,30). The molecule has 3 aromatic rings. The highest BCUT2D eigenvalue weighted by Crippen LogP contribution is 2.32. The van der Waals surface area contributed by atoms with Crippen LogP contribution in [0.5, 0.6) is 0 Å². The lowest BCUT2D eigenvalue weighted by Crippen LogP contribution is -2.53. The lowest BCUT2D eigenvalue weighted by Gasteiger charge is -2.39. The summed E-state index contributed by atoms with van der Waals surface area (Å²) in [4.78, 5) is 13.7. The fraction of sp³-hybridized carbons (Fsp3) is 0.500. The first-order valence-electron chi connectivity index (χ1n) is 11.7. The molecule has 10 nitrogen and oxygen atoms in total. The van der Waals surface area contributed by atoms with E-state index < -0.39 is 11.6 Å². The van der Waals surface area contributed by atoms with E-state index in [1.165, 1.54) is 0 Å². The number of halogens is 1. The molecule has 2 aromatic heterocycles. The SMILES string of the molecule is Cc1c(Nc2ncc3cc(Cl)c(N4CCN(C5COCC5O)CC4)cc3n2)cnn1C(C)(C)C#N. The van der Waals surface area contributed by atoms with E-state index in [2.05, 4.69) is 31.3 Å². The Balaban J connectivity index is 1.35. The number of fused-ring (bicyclic) bond motifs is 1. The van der Waals surface area contributed by atoms with Crippen molar-refractivity contribution in [1.82, 2.24) is 24.6 Å². The van der Waals surface area contributed by atoms with Gasteiger partial charge in [-0.15, -0.1) is 0 Å². The number of nitrogens with one attached hydrogen (secondary N) is 1. The normalized spacial score (nSPS) is 21.4. The molecule has 0 radical (unpaired) electrons. The van der Waals surface area contributed by atoms with Gasteiger partial charge in [-0.25, -0.2) is 14.6 Å². The van der Waals surface area contributed by atoms with Gasteiger partial charge in [-0.3, -0.25) is 4.90 Å². The van der Waals surface area contributed by atoms with Crippen molar-refractivity contribution in [1.29, 1.82) is 5.26 Å². The first-order valence-corrected chi connectivity index (χ1v) is 12.1. The van der Waals surface area contributed by atoms with Crippen LogP contribution in [0.1, 0.15) is 19.5 Å². The van der Waals surface area contributed by atoms with Gasteiger partial charge in [0.25, 0.3) is 0 Å². The number of hydrogen-bond donors (Lipinski definition) is 2. The molecule has 184 valence electrons. The number of nitrogens with zero attached hydrogens (tertiary/aromatic N) is 7. The van der Waals surface area contributed by atoms with Gasteiger partial charge >= 0.3 is 0 Å². The maximum Gasteiger partial charge on any atom is 0.227 e. The number of aromatic nitrogens is 4. The largest absolute Gasteiger partial charge is 0.389 e. The van der Waals surface area contributed by atoms with Gasteiger partial charge in [-0.2, -0.15) is 10.4 Å². The van der Waals surface area contributed by atoms with Crippen molar-refractivity contribution in [3.63, 3.8) is 0 Å². The summed E-state index contributed by atoms with van der Waals surface area (Å²) in [6.45, 7) is 9.80. The highest BCUT2D eigenvalue weighted by Gasteiger charge is 2.33. The van der Waals surface area contributed by atoms with Crippen LogP contribution in [0.25, 0.3) is 10.9 Å². The highest BCUT2D eigenvalue weighted by molar-refractivity contribution is 6.34. The van der Waals surface area contributed by atoms with Crippen molar-refractivity contribution in [2.24, 2.45) is 0 Å². The molecule has 2 aliphatic heterocycles. The zero-order valence-electron chi connectivity index (χ0n) is 20.1. The molecule has 11 heteroatoms. The number of ether oxygens (including phenoxy) is 1. The van der Waals surface area contributed by atoms with Crippen LogP contribution in [0.4, 0.5) is 17.3 Å². The van der Waals surface area contributed by atoms with Gasteiger partial charge in [0.2, 0.25) is 5.95 Å². The first-order chi connectivity index (χ1) is 16.8. The Kier molecular flexibility index (Phi) is 6.27. The van der Waals surface area contributed by atoms with Crippen molar-refractivity contribution in [2.75, 3.05) is 49.6 Å². The quantitative estimate of drug-likeness (QED) is 0.550. The van der Waals surface area contributed by atoms with Crippen LogP contribution in [0.15, 0.2) is 24.5 Å². The molecule has 1 aromatic carbocycles. The van der Waals surface area contributed by atoms with Gasteiger partial charge in [0, 0.05) is 37.8 Å². The topological polar surface area (TPSA) is 115 Å². The Hall–Kier alpha value is -2.97. The molecular weight excluding hydrogens is 468 g/mol. The van der Waals surface area contributed by atoms with E-state index in [1.54, 1.807) is 17.1 Å². The van der Waals surface area contributed by atoms with Crippen LogP contribution in [-0.4, -0.2) is 81.3 Å². The second kappa shape index (κ2) is 9.24. The Morgan fingerprint density at radius 1 is 1.20 bits per heavy atom. The minimum Gasteiger partial charge on any atom is -0.389 e. The average molecular weight is 497 g/mol. The number of piperazine rings is 1. The summed E-state index contributed by atoms with van der Waals surface area (Å²) >= 11 is 6.65. The molecule has 5 rings (SSSR count). The predicted octanol–water partition coefficient (Wildman–Crippen LogP) is 2.67. The second-order valence-electron chi connectivity index (χ2n) is 9.60. The molecule has 4 heterocycles. The molecule has 0 aliphatic carbocycles. The summed E-state index contributed by atoms with van der Waals surface area (Å²) in [7, 11) is 0. The van der Waals surface area contributed by atoms with Crippen LogP contribution in [0.2, 0.25) is 5.02 Å². The summed E-state index contributed by atoms with van der Waals surface area (Å²) < 4.78 is 7.11. The van der Waals surface area contributed by atoms with Crippen molar-refractivity contribution >= 4 is 39.8 Å². The number of anilines is 3. The summed E-state index contributed by atoms with van der Waals surface area (Å²) in [6, 6.07) is 6.23. The molecule has 2 fully saturated rings. The Bertz CT molecular complexity index is 1280. The minimum absolute atomic E-state index is 0.0668. The van der Waals surface area contributed by atoms with E-state index in [0.29, 0.717) is 24.2 Å². The molecular formula is C24H29ClN8O2. The maximum absolute atomic E-state index is 10.1. The lowest BCUT2D eigenvalue weighted by atomic mass is 10.1. The van der Waals surface area contributed by atoms with E-state index >= 15 is 0 Å². The van der Waals surface area contributed by atoms with Gasteiger partial charge in [0.15, 0.2) is 0 Å². The van der Waals surface area contributed by atoms with Gasteiger partial charge < -0.3 is 20.1 Å². The number of benzene rings is 1. The fourth-order valence-corrected chi connectivity index (χ4v) is 5.07. The zero-order valence-corrected chi connectivity index (χ0v) is 20.8. The monoisotopic (exact) mass is 496 g/mol. The van der Waals surface area contributed by atoms with Crippen molar-refractivity contribution in [3.8, 4) is 6.07 Å². The number of hydrogen-bond acceptors (Lipinski definition) is 9. The summed E-state index contributed by atoms with van der Waals surface area (Å²) in [5.41, 5.74) is 2.54. The maximum atomic E-state index is 10.1. The van der Waals surface area contributed by atoms with Crippen molar-refractivity contribution in [3.05, 3.63) is 35.2 Å². The van der Waals surface area contributed by atoms with Crippen LogP contribution < -0.4 is 10.2 Å². The van der Waals surface area contributed by atoms with Crippen molar-refractivity contribution < 1.29 is 9.84 Å². The molecule has 2 atom stereocenters. The van der Waals surface area contributed by atoms with Gasteiger partial charge in [-0.05, 0) is 32.9 Å². The van der Waals surface area contributed by atoms with Gasteiger partial charge in [-0.1, -0.05) is 11.6 Å². The molecule has 0 amide bonds. The second-order valence-corrected chi connectivity index (χ2v) is 10.0. The van der Waals surface area contributed by atoms with E-state index in [9.17, 15) is 10.4 Å². The number of aliphatic hydroxyl groups is 1. The van der Waals surface area contributed by atoms with E-state index in [4.69, 9.17) is 21.3 Å². The molecule has 0 saturated carbocycles. The van der Waals surface area contributed by atoms with Gasteiger partial charge in [0.05, 0.1) is 65.2 Å². The third-order valence-corrected chi connectivity index (χ3v) is 7.16. The fourth-order valence-electron chi connectivity index (χ4n) is 4.78. The Morgan fingerprint density at radius 2 is 1.97 bits per heavy atom. The van der Waals surface area contributed by atoms with Crippen LogP contribution in [0.3, 0.4) is 0 Å². The van der Waals surface area contributed by atoms with Gasteiger partial charge in [0.1, 0.15) is 5.54 Å². The summed E-state index contributed by atoms with van der Waals surface area (Å²) in [6.07, 6.45) is 3.01. The molecule has 0 bridgehead atoms. The van der Waals surface area contributed by atoms with Crippen LogP contribution in [0, 0.1) is 18.3 Å². The molecule has 0 spiro atoms. The lowest BCUT2D eigenvalue weighted by molar-refractivity contribution is 0.0785. The first kappa shape index (κ1) is 23.8. The smallest absolute Gasteiger partial charge is 0.227 e. The molecule has 2 unspecified atom stereocenters. The van der Waals surface area contributed by atoms with Crippen LogP contribution in [-0.2, 0) is 10.3 Å². The van der Waals surface area contributed by atoms with E-state index in [-0.39, 0.29) is 6.04 Å². The average Bonchev–Trinajstić information content (AvgIpc) is 3.44. The third-order valence-electron chi connectivity index (χ3n) is 6.85. The number of nitriles is 1. The highest BCUT2D eigenvalue weighted by atomic mass is 35.5. The van der Waals surface area contributed by atoms with Crippen LogP contribution >= 0.6 is 11.6 Å². The summed E-state index contributed by atoms with van der Waals surface area (Å²) in [5.74, 6) is 0.447. The molecule has 2 saturated heterocycles. The Labute approximate surface area is 209 Å². The number of aliphatic hydroxyl groups excluding tert-OH is 1. The predicted molar refractivity (Wildman–Crippen MR) is 134 cm³/mol. The molecule has 35 heavy (non-hydrogen) atoms. The third kappa shape index (κ3) is 4.52. The minimum atomic E-state index is -0.757.